The number of anilines is 1. The maximum atomic E-state index is 12.5. The Morgan fingerprint density at radius 2 is 1.97 bits per heavy atom. The van der Waals surface area contributed by atoms with Crippen molar-refractivity contribution in [2.24, 2.45) is 5.73 Å². The zero-order chi connectivity index (χ0) is 22.1. The van der Waals surface area contributed by atoms with Gasteiger partial charge in [-0.25, -0.2) is 4.98 Å². The van der Waals surface area contributed by atoms with Crippen LogP contribution in [0, 0.1) is 10.1 Å². The van der Waals surface area contributed by atoms with Gasteiger partial charge in [-0.3, -0.25) is 14.9 Å². The number of nitrogens with zero attached hydrogens (tertiary/aromatic N) is 3. The molecule has 1 saturated heterocycles. The number of ether oxygens (including phenoxy) is 1. The molecule has 1 aliphatic rings. The van der Waals surface area contributed by atoms with E-state index < -0.39 is 28.5 Å². The second kappa shape index (κ2) is 7.78. The van der Waals surface area contributed by atoms with Gasteiger partial charge in [0.1, 0.15) is 17.8 Å². The van der Waals surface area contributed by atoms with E-state index in [1.807, 2.05) is 0 Å². The lowest BCUT2D eigenvalue weighted by Gasteiger charge is -2.39. The van der Waals surface area contributed by atoms with Crippen LogP contribution in [-0.4, -0.2) is 40.4 Å². The maximum Gasteiger partial charge on any atom is 0.573 e. The van der Waals surface area contributed by atoms with Crippen LogP contribution < -0.4 is 15.4 Å². The summed E-state index contributed by atoms with van der Waals surface area (Å²) in [6, 6.07) is 6.14. The normalized spacial score (nSPS) is 16.2. The first-order chi connectivity index (χ1) is 14.0. The van der Waals surface area contributed by atoms with Gasteiger partial charge in [-0.1, -0.05) is 12.1 Å². The molecule has 30 heavy (non-hydrogen) atoms. The van der Waals surface area contributed by atoms with Gasteiger partial charge < -0.3 is 20.5 Å². The molecule has 1 amide bonds. The number of aliphatic hydroxyl groups is 1. The minimum atomic E-state index is -4.85. The van der Waals surface area contributed by atoms with Gasteiger partial charge in [0, 0.05) is 19.2 Å². The molecule has 0 atom stereocenters. The SMILES string of the molecule is NC(=O)c1cc([N+](=O)[O-])cnc1N1CCC(O)(c2cccc(OC(F)(F)F)c2)CC1. The first-order valence-corrected chi connectivity index (χ1v) is 8.76. The number of aromatic nitrogens is 1. The fraction of sp³-hybridized carbons (Fsp3) is 0.333. The summed E-state index contributed by atoms with van der Waals surface area (Å²) in [6.45, 7) is 0.373. The van der Waals surface area contributed by atoms with Crippen molar-refractivity contribution >= 4 is 17.4 Å². The second-order valence-corrected chi connectivity index (χ2v) is 6.78. The first-order valence-electron chi connectivity index (χ1n) is 8.76. The number of piperidine rings is 1. The van der Waals surface area contributed by atoms with Crippen LogP contribution in [0.4, 0.5) is 24.7 Å². The molecule has 2 heterocycles. The molecule has 0 spiro atoms. The summed E-state index contributed by atoms with van der Waals surface area (Å²) in [6.07, 6.45) is -3.63. The highest BCUT2D eigenvalue weighted by molar-refractivity contribution is 5.98. The number of nitro groups is 1. The highest BCUT2D eigenvalue weighted by Crippen LogP contribution is 2.37. The zero-order valence-electron chi connectivity index (χ0n) is 15.4. The third kappa shape index (κ3) is 4.59. The van der Waals surface area contributed by atoms with E-state index in [2.05, 4.69) is 9.72 Å². The fourth-order valence-corrected chi connectivity index (χ4v) is 3.34. The number of amides is 1. The Labute approximate surface area is 168 Å². The number of halogens is 3. The zero-order valence-corrected chi connectivity index (χ0v) is 15.4. The third-order valence-corrected chi connectivity index (χ3v) is 4.82. The summed E-state index contributed by atoms with van der Waals surface area (Å²) in [5.74, 6) is -1.19. The van der Waals surface area contributed by atoms with E-state index in [1.165, 1.54) is 12.1 Å². The molecule has 3 N–H and O–H groups in total. The number of carbonyl (C=O) groups is 1. The summed E-state index contributed by atoms with van der Waals surface area (Å²) in [5.41, 5.74) is 3.64. The molecule has 0 saturated carbocycles. The van der Waals surface area contributed by atoms with Crippen molar-refractivity contribution in [3.63, 3.8) is 0 Å². The van der Waals surface area contributed by atoms with Crippen molar-refractivity contribution in [3.05, 3.63) is 57.8 Å². The van der Waals surface area contributed by atoms with E-state index >= 15 is 0 Å². The largest absolute Gasteiger partial charge is 0.573 e. The Morgan fingerprint density at radius 1 is 1.30 bits per heavy atom. The molecule has 160 valence electrons. The van der Waals surface area contributed by atoms with E-state index in [1.54, 1.807) is 4.90 Å². The minimum Gasteiger partial charge on any atom is -0.406 e. The molecule has 1 aromatic heterocycles. The van der Waals surface area contributed by atoms with Gasteiger partial charge in [-0.15, -0.1) is 13.2 Å². The average molecular weight is 426 g/mol. The van der Waals surface area contributed by atoms with Crippen LogP contribution in [0.3, 0.4) is 0 Å². The Balaban J connectivity index is 1.80. The lowest BCUT2D eigenvalue weighted by Crippen LogP contribution is -2.43. The Kier molecular flexibility index (Phi) is 5.53. The summed E-state index contributed by atoms with van der Waals surface area (Å²) >= 11 is 0. The molecular weight excluding hydrogens is 409 g/mol. The Bertz CT molecular complexity index is 975. The monoisotopic (exact) mass is 426 g/mol. The van der Waals surface area contributed by atoms with Crippen LogP contribution in [0.1, 0.15) is 28.8 Å². The van der Waals surface area contributed by atoms with Crippen molar-refractivity contribution in [1.29, 1.82) is 0 Å². The molecule has 1 aliphatic heterocycles. The number of carbonyl (C=O) groups excluding carboxylic acids is 1. The molecular formula is C18H17F3N4O5. The highest BCUT2D eigenvalue weighted by Gasteiger charge is 2.37. The number of nitrogens with two attached hydrogens (primary N) is 1. The van der Waals surface area contributed by atoms with Gasteiger partial charge in [-0.2, -0.15) is 0 Å². The molecule has 0 unspecified atom stereocenters. The van der Waals surface area contributed by atoms with Gasteiger partial charge in [0.2, 0.25) is 0 Å². The summed E-state index contributed by atoms with van der Waals surface area (Å²) in [4.78, 5) is 27.5. The number of rotatable bonds is 5. The van der Waals surface area contributed by atoms with Crippen molar-refractivity contribution in [1.82, 2.24) is 4.98 Å². The summed E-state index contributed by atoms with van der Waals surface area (Å²) < 4.78 is 41.3. The first kappa shape index (κ1) is 21.3. The number of alkyl halides is 3. The number of hydrogen-bond donors (Lipinski definition) is 2. The third-order valence-electron chi connectivity index (χ3n) is 4.82. The molecule has 1 fully saturated rings. The topological polar surface area (TPSA) is 132 Å². The quantitative estimate of drug-likeness (QED) is 0.554. The minimum absolute atomic E-state index is 0.110. The fourth-order valence-electron chi connectivity index (χ4n) is 3.34. The molecule has 0 aliphatic carbocycles. The van der Waals surface area contributed by atoms with E-state index in [9.17, 15) is 33.2 Å². The number of hydrogen-bond acceptors (Lipinski definition) is 7. The van der Waals surface area contributed by atoms with Gasteiger partial charge >= 0.3 is 6.36 Å². The van der Waals surface area contributed by atoms with Gasteiger partial charge in [0.15, 0.2) is 0 Å². The number of pyridine rings is 1. The average Bonchev–Trinajstić information content (AvgIpc) is 2.67. The van der Waals surface area contributed by atoms with Crippen LogP contribution >= 0.6 is 0 Å². The van der Waals surface area contributed by atoms with Gasteiger partial charge in [0.05, 0.1) is 16.1 Å². The van der Waals surface area contributed by atoms with Crippen molar-refractivity contribution < 1.29 is 32.7 Å². The molecule has 12 heteroatoms. The van der Waals surface area contributed by atoms with E-state index in [0.29, 0.717) is 0 Å². The van der Waals surface area contributed by atoms with E-state index in [4.69, 9.17) is 5.73 Å². The summed E-state index contributed by atoms with van der Waals surface area (Å²) in [7, 11) is 0. The summed E-state index contributed by atoms with van der Waals surface area (Å²) in [5, 5.41) is 21.9. The Morgan fingerprint density at radius 3 is 2.53 bits per heavy atom. The van der Waals surface area contributed by atoms with Crippen LogP contribution in [0.25, 0.3) is 0 Å². The van der Waals surface area contributed by atoms with Gasteiger partial charge in [0.25, 0.3) is 11.6 Å². The van der Waals surface area contributed by atoms with Gasteiger partial charge in [-0.05, 0) is 30.5 Å². The van der Waals surface area contributed by atoms with Crippen molar-refractivity contribution in [3.8, 4) is 5.75 Å². The lowest BCUT2D eigenvalue weighted by molar-refractivity contribution is -0.385. The predicted octanol–water partition coefficient (Wildman–Crippen LogP) is 2.48. The Hall–Kier alpha value is -3.41. The predicted molar refractivity (Wildman–Crippen MR) is 97.9 cm³/mol. The van der Waals surface area contributed by atoms with E-state index in [-0.39, 0.29) is 48.6 Å². The molecule has 0 bridgehead atoms. The smallest absolute Gasteiger partial charge is 0.406 e. The number of benzene rings is 1. The van der Waals surface area contributed by atoms with Crippen LogP contribution in [-0.2, 0) is 5.60 Å². The van der Waals surface area contributed by atoms with Crippen LogP contribution in [0.2, 0.25) is 0 Å². The van der Waals surface area contributed by atoms with Crippen LogP contribution in [0.15, 0.2) is 36.5 Å². The lowest BCUT2D eigenvalue weighted by atomic mass is 9.84. The van der Waals surface area contributed by atoms with Crippen molar-refractivity contribution in [2.75, 3.05) is 18.0 Å². The van der Waals surface area contributed by atoms with E-state index in [0.717, 1.165) is 24.4 Å². The highest BCUT2D eigenvalue weighted by atomic mass is 19.4. The molecule has 3 rings (SSSR count). The van der Waals surface area contributed by atoms with Crippen LogP contribution in [0.5, 0.6) is 5.75 Å². The molecule has 9 nitrogen and oxygen atoms in total. The molecule has 0 radical (unpaired) electrons. The number of primary amides is 1. The molecule has 2 aromatic rings. The second-order valence-electron chi connectivity index (χ2n) is 6.78. The molecule has 1 aromatic carbocycles. The maximum absolute atomic E-state index is 12.5. The van der Waals surface area contributed by atoms with Crippen molar-refractivity contribution in [2.45, 2.75) is 24.8 Å². The standard InChI is InChI=1S/C18H17F3N4O5/c19-18(20,21)30-13-3-1-2-11(8-13)17(27)4-6-24(7-5-17)16-14(15(22)26)9-12(10-23-16)25(28)29/h1-3,8-10,27H,4-7H2,(H2,22,26).